The topological polar surface area (TPSA) is 44.8 Å². The molecular weight excluding hydrogens is 509 g/mol. The van der Waals surface area contributed by atoms with Gasteiger partial charge in [0.1, 0.15) is 0 Å². The van der Waals surface area contributed by atoms with E-state index in [0.29, 0.717) is 29.9 Å². The maximum absolute atomic E-state index is 13.2. The molecule has 0 aliphatic rings. The van der Waals surface area contributed by atoms with E-state index in [2.05, 4.69) is 0 Å². The Bertz CT molecular complexity index is 1170. The predicted molar refractivity (Wildman–Crippen MR) is 139 cm³/mol. The van der Waals surface area contributed by atoms with Crippen molar-refractivity contribution >= 4 is 39.2 Å². The molecule has 0 aliphatic heterocycles. The summed E-state index contributed by atoms with van der Waals surface area (Å²) in [7, 11) is 1.66. The van der Waals surface area contributed by atoms with Gasteiger partial charge in [-0.05, 0) is 91.6 Å². The van der Waals surface area contributed by atoms with Crippen LogP contribution in [0.2, 0.25) is 0 Å². The van der Waals surface area contributed by atoms with Crippen molar-refractivity contribution in [3.63, 3.8) is 0 Å². The molecule has 0 saturated carbocycles. The molecule has 1 atom stereocenters. The Labute approximate surface area is 218 Å². The summed E-state index contributed by atoms with van der Waals surface area (Å²) in [5.41, 5.74) is 1.29. The molecule has 0 aliphatic carbocycles. The van der Waals surface area contributed by atoms with E-state index < -0.39 is 17.7 Å². The van der Waals surface area contributed by atoms with Crippen molar-refractivity contribution in [2.45, 2.75) is 63.4 Å². The third-order valence-corrected chi connectivity index (χ3v) is 8.35. The molecule has 1 heterocycles. The Morgan fingerprint density at radius 3 is 2.56 bits per heavy atom. The van der Waals surface area contributed by atoms with E-state index in [4.69, 9.17) is 14.5 Å². The molecule has 0 saturated heterocycles. The summed E-state index contributed by atoms with van der Waals surface area (Å²) < 4.78 is 45.6. The largest absolute Gasteiger partial charge is 0.416 e. The second kappa shape index (κ2) is 12.8. The summed E-state index contributed by atoms with van der Waals surface area (Å²) in [6.45, 7) is 6.36. The lowest BCUT2D eigenvalue weighted by Gasteiger charge is -2.16. The highest BCUT2D eigenvalue weighted by molar-refractivity contribution is 7.99. The van der Waals surface area contributed by atoms with Crippen molar-refractivity contribution in [3.05, 3.63) is 58.0 Å². The van der Waals surface area contributed by atoms with Gasteiger partial charge < -0.3 is 4.74 Å². The van der Waals surface area contributed by atoms with E-state index in [1.165, 1.54) is 17.4 Å². The maximum atomic E-state index is 13.2. The number of benzene rings is 2. The zero-order valence-corrected chi connectivity index (χ0v) is 22.5. The highest BCUT2D eigenvalue weighted by Gasteiger charge is 2.31. The van der Waals surface area contributed by atoms with E-state index in [1.807, 2.05) is 32.9 Å². The number of hydrogen-bond donors (Lipinski definition) is 0. The molecule has 0 fully saturated rings. The lowest BCUT2D eigenvalue weighted by molar-refractivity contribution is -0.214. The average Bonchev–Trinajstić information content (AvgIpc) is 3.16. The van der Waals surface area contributed by atoms with Crippen LogP contribution in [-0.2, 0) is 20.6 Å². The molecule has 3 rings (SSSR count). The molecule has 0 radical (unpaired) electrons. The SMILES string of the molecule is CCCC(=O)OOc1ccc(SCCC(CCOC)c2sc3cc(C(F)(F)F)ccc3c2C)cc1C. The summed E-state index contributed by atoms with van der Waals surface area (Å²) in [4.78, 5) is 23.7. The van der Waals surface area contributed by atoms with Crippen LogP contribution >= 0.6 is 23.1 Å². The van der Waals surface area contributed by atoms with Gasteiger partial charge in [-0.15, -0.1) is 23.1 Å². The van der Waals surface area contributed by atoms with E-state index in [1.54, 1.807) is 31.0 Å². The van der Waals surface area contributed by atoms with E-state index in [0.717, 1.165) is 50.9 Å². The lowest BCUT2D eigenvalue weighted by atomic mass is 9.96. The van der Waals surface area contributed by atoms with Gasteiger partial charge in [0.2, 0.25) is 0 Å². The first-order valence-corrected chi connectivity index (χ1v) is 13.6. The Hall–Kier alpha value is -2.23. The summed E-state index contributed by atoms with van der Waals surface area (Å²) in [5, 5.41) is 0.879. The van der Waals surface area contributed by atoms with E-state index >= 15 is 0 Å². The van der Waals surface area contributed by atoms with E-state index in [-0.39, 0.29) is 5.92 Å². The summed E-state index contributed by atoms with van der Waals surface area (Å²) in [6.07, 6.45) is -1.70. The third-order valence-electron chi connectivity index (χ3n) is 5.90. The highest BCUT2D eigenvalue weighted by Crippen LogP contribution is 2.42. The van der Waals surface area contributed by atoms with Gasteiger partial charge in [0.05, 0.1) is 5.56 Å². The number of hydrogen-bond acceptors (Lipinski definition) is 6. The summed E-state index contributed by atoms with van der Waals surface area (Å²) in [5.74, 6) is 1.12. The zero-order valence-electron chi connectivity index (χ0n) is 20.9. The standard InChI is InChI=1S/C27H31F3O4S2/c1-5-6-25(31)34-33-23-10-8-21(15-17(23)2)35-14-12-19(11-13-32-4)26-18(3)22-9-7-20(27(28,29)30)16-24(22)36-26/h7-10,15-16,19H,5-6,11-14H2,1-4H3. The molecule has 3 aromatic rings. The number of methoxy groups -OCH3 is 1. The number of alkyl halides is 3. The third kappa shape index (κ3) is 7.40. The summed E-state index contributed by atoms with van der Waals surface area (Å²) >= 11 is 3.15. The number of rotatable bonds is 12. The first-order valence-electron chi connectivity index (χ1n) is 11.8. The smallest absolute Gasteiger partial charge is 0.385 e. The zero-order chi connectivity index (χ0) is 26.3. The Balaban J connectivity index is 1.68. The van der Waals surface area contributed by atoms with Crippen molar-refractivity contribution in [2.24, 2.45) is 0 Å². The minimum Gasteiger partial charge on any atom is -0.385 e. The van der Waals surface area contributed by atoms with Crippen LogP contribution in [-0.4, -0.2) is 25.4 Å². The Kier molecular flexibility index (Phi) is 10.1. The molecular formula is C27H31F3O4S2. The van der Waals surface area contributed by atoms with Crippen LogP contribution < -0.4 is 4.89 Å². The number of carbonyl (C=O) groups is 1. The minimum atomic E-state index is -4.35. The molecule has 0 bridgehead atoms. The van der Waals surface area contributed by atoms with Crippen LogP contribution in [0.25, 0.3) is 10.1 Å². The van der Waals surface area contributed by atoms with Crippen LogP contribution in [0.4, 0.5) is 13.2 Å². The highest BCUT2D eigenvalue weighted by atomic mass is 32.2. The molecule has 0 N–H and O–H groups in total. The molecule has 0 amide bonds. The van der Waals surface area contributed by atoms with Crippen LogP contribution in [0.3, 0.4) is 0 Å². The Morgan fingerprint density at radius 2 is 1.89 bits per heavy atom. The van der Waals surface area contributed by atoms with Crippen molar-refractivity contribution in [1.82, 2.24) is 0 Å². The molecule has 4 nitrogen and oxygen atoms in total. The predicted octanol–water partition coefficient (Wildman–Crippen LogP) is 8.48. The number of aryl methyl sites for hydroxylation is 2. The summed E-state index contributed by atoms with van der Waals surface area (Å²) in [6, 6.07) is 9.70. The Morgan fingerprint density at radius 1 is 1.11 bits per heavy atom. The fourth-order valence-corrected chi connectivity index (χ4v) is 6.42. The van der Waals surface area contributed by atoms with Crippen LogP contribution in [0.5, 0.6) is 5.75 Å². The van der Waals surface area contributed by atoms with Crippen LogP contribution in [0, 0.1) is 13.8 Å². The number of halogens is 3. The molecule has 9 heteroatoms. The lowest BCUT2D eigenvalue weighted by Crippen LogP contribution is -2.07. The van der Waals surface area contributed by atoms with Gasteiger partial charge in [0.25, 0.3) is 0 Å². The van der Waals surface area contributed by atoms with Gasteiger partial charge in [-0.1, -0.05) is 13.0 Å². The molecule has 196 valence electrons. The van der Waals surface area contributed by atoms with Gasteiger partial charge in [0, 0.05) is 34.6 Å². The second-order valence-corrected chi connectivity index (χ2v) is 10.9. The number of ether oxygens (including phenoxy) is 1. The first kappa shape index (κ1) is 28.3. The molecule has 1 aromatic heterocycles. The number of carbonyl (C=O) groups excluding carboxylic acids is 1. The maximum Gasteiger partial charge on any atom is 0.416 e. The minimum absolute atomic E-state index is 0.186. The van der Waals surface area contributed by atoms with Gasteiger partial charge in [-0.25, -0.2) is 4.79 Å². The first-order chi connectivity index (χ1) is 17.1. The fraction of sp³-hybridized carbons (Fsp3) is 0.444. The monoisotopic (exact) mass is 540 g/mol. The molecule has 36 heavy (non-hydrogen) atoms. The molecule has 0 spiro atoms. The molecule has 1 unspecified atom stereocenters. The van der Waals surface area contributed by atoms with Crippen molar-refractivity contribution in [1.29, 1.82) is 0 Å². The van der Waals surface area contributed by atoms with Gasteiger partial charge in [0.15, 0.2) is 5.75 Å². The van der Waals surface area contributed by atoms with Crippen molar-refractivity contribution < 1.29 is 32.5 Å². The van der Waals surface area contributed by atoms with Crippen molar-refractivity contribution in [3.8, 4) is 5.75 Å². The second-order valence-electron chi connectivity index (χ2n) is 8.63. The quantitative estimate of drug-likeness (QED) is 0.131. The van der Waals surface area contributed by atoms with Crippen LogP contribution in [0.15, 0.2) is 41.3 Å². The van der Waals surface area contributed by atoms with Crippen LogP contribution in [0.1, 0.15) is 60.1 Å². The number of thiophene rings is 1. The average molecular weight is 541 g/mol. The number of thioether (sulfide) groups is 1. The number of fused-ring (bicyclic) bond motifs is 1. The van der Waals surface area contributed by atoms with Gasteiger partial charge in [-0.3, -0.25) is 9.78 Å². The normalized spacial score (nSPS) is 12.6. The van der Waals surface area contributed by atoms with Crippen molar-refractivity contribution in [2.75, 3.05) is 19.5 Å². The van der Waals surface area contributed by atoms with E-state index in [9.17, 15) is 18.0 Å². The van der Waals surface area contributed by atoms with Gasteiger partial charge in [-0.2, -0.15) is 13.2 Å². The van der Waals surface area contributed by atoms with Gasteiger partial charge >= 0.3 is 12.1 Å². The fourth-order valence-electron chi connectivity index (χ4n) is 3.94. The molecule has 2 aromatic carbocycles.